The summed E-state index contributed by atoms with van der Waals surface area (Å²) in [7, 11) is 3.17. The van der Waals surface area contributed by atoms with Crippen LogP contribution in [-0.4, -0.2) is 32.6 Å². The van der Waals surface area contributed by atoms with E-state index in [0.717, 1.165) is 44.3 Å². The molecule has 5 rings (SSSR count). The van der Waals surface area contributed by atoms with Gasteiger partial charge in [0.15, 0.2) is 6.23 Å². The van der Waals surface area contributed by atoms with Gasteiger partial charge >= 0.3 is 5.97 Å². The quantitative estimate of drug-likeness (QED) is 0.738. The molecule has 2 saturated carbocycles. The van der Waals surface area contributed by atoms with Gasteiger partial charge in [0.25, 0.3) is 0 Å². The van der Waals surface area contributed by atoms with E-state index in [0.29, 0.717) is 17.8 Å². The molecular weight excluding hydrogens is 342 g/mol. The van der Waals surface area contributed by atoms with Crippen LogP contribution in [0, 0.1) is 28.6 Å². The Labute approximate surface area is 160 Å². The number of ether oxygens (including phenoxy) is 2. The molecule has 0 N–H and O–H groups in total. The zero-order valence-corrected chi connectivity index (χ0v) is 16.4. The van der Waals surface area contributed by atoms with Crippen LogP contribution >= 0.6 is 0 Å². The highest BCUT2D eigenvalue weighted by molar-refractivity contribution is 5.82. The van der Waals surface area contributed by atoms with Crippen molar-refractivity contribution in [3.05, 3.63) is 23.7 Å². The van der Waals surface area contributed by atoms with Crippen LogP contribution in [0.3, 0.4) is 0 Å². The van der Waals surface area contributed by atoms with E-state index >= 15 is 0 Å². The minimum atomic E-state index is -0.645. The molecule has 7 atom stereocenters. The van der Waals surface area contributed by atoms with E-state index in [1.165, 1.54) is 12.7 Å². The number of nitrogens with zero attached hydrogens (tertiary/aromatic N) is 1. The Bertz CT molecular complexity index is 785. The lowest BCUT2D eigenvalue weighted by molar-refractivity contribution is -0.194. The first-order valence-corrected chi connectivity index (χ1v) is 10.3. The van der Waals surface area contributed by atoms with Crippen LogP contribution in [0.15, 0.2) is 21.7 Å². The van der Waals surface area contributed by atoms with Crippen molar-refractivity contribution in [2.24, 2.45) is 33.6 Å². The predicted octanol–water partition coefficient (Wildman–Crippen LogP) is 3.97. The summed E-state index contributed by atoms with van der Waals surface area (Å²) >= 11 is 0. The first kappa shape index (κ1) is 17.5. The molecule has 1 aromatic rings. The zero-order chi connectivity index (χ0) is 18.8. The van der Waals surface area contributed by atoms with E-state index in [4.69, 9.17) is 18.9 Å². The van der Waals surface area contributed by atoms with Crippen LogP contribution in [0.4, 0.5) is 0 Å². The molecule has 27 heavy (non-hydrogen) atoms. The summed E-state index contributed by atoms with van der Waals surface area (Å²) in [5.41, 5.74) is 0.681. The first-order chi connectivity index (χ1) is 13.1. The number of hydrogen-bond acceptors (Lipinski definition) is 5. The Balaban J connectivity index is 1.65. The van der Waals surface area contributed by atoms with Crippen molar-refractivity contribution in [2.45, 2.75) is 57.6 Å². The summed E-state index contributed by atoms with van der Waals surface area (Å²) in [5, 5.41) is 0. The second-order valence-corrected chi connectivity index (χ2v) is 9.06. The van der Waals surface area contributed by atoms with Gasteiger partial charge in [-0.15, -0.1) is 0 Å². The van der Waals surface area contributed by atoms with Crippen molar-refractivity contribution in [3.8, 4) is 0 Å². The molecular formula is C22H29NO4. The monoisotopic (exact) mass is 371 g/mol. The van der Waals surface area contributed by atoms with Gasteiger partial charge in [-0.3, -0.25) is 9.79 Å². The molecule has 2 fully saturated rings. The van der Waals surface area contributed by atoms with Gasteiger partial charge in [0, 0.05) is 25.2 Å². The summed E-state index contributed by atoms with van der Waals surface area (Å²) in [6.45, 7) is 2.34. The fraction of sp³-hybridized carbons (Fsp3) is 0.727. The molecule has 0 saturated heterocycles. The topological polar surface area (TPSA) is 61.0 Å². The van der Waals surface area contributed by atoms with Crippen LogP contribution in [0.1, 0.15) is 56.3 Å². The molecule has 1 aromatic heterocycles. The smallest absolute Gasteiger partial charge is 0.316 e. The van der Waals surface area contributed by atoms with Crippen LogP contribution in [0.5, 0.6) is 0 Å². The Kier molecular flexibility index (Phi) is 3.84. The maximum Gasteiger partial charge on any atom is 0.316 e. The normalized spacial score (nSPS) is 44.8. The van der Waals surface area contributed by atoms with E-state index in [-0.39, 0.29) is 17.3 Å². The number of methoxy groups -OCH3 is 2. The average molecular weight is 371 g/mol. The second kappa shape index (κ2) is 5.94. The lowest BCUT2D eigenvalue weighted by atomic mass is 9.41. The highest BCUT2D eigenvalue weighted by Crippen LogP contribution is 2.67. The summed E-state index contributed by atoms with van der Waals surface area (Å²) in [4.78, 5) is 17.9. The number of carbonyl (C=O) groups is 1. The van der Waals surface area contributed by atoms with Crippen molar-refractivity contribution in [1.82, 2.24) is 0 Å². The third-order valence-corrected chi connectivity index (χ3v) is 8.46. The Morgan fingerprint density at radius 2 is 2.15 bits per heavy atom. The fourth-order valence-corrected chi connectivity index (χ4v) is 7.43. The third kappa shape index (κ3) is 2.04. The van der Waals surface area contributed by atoms with Gasteiger partial charge in [0.2, 0.25) is 0 Å². The van der Waals surface area contributed by atoms with Gasteiger partial charge in [-0.2, -0.15) is 0 Å². The Morgan fingerprint density at radius 1 is 1.30 bits per heavy atom. The minimum absolute atomic E-state index is 0.0525. The van der Waals surface area contributed by atoms with Gasteiger partial charge in [-0.05, 0) is 61.0 Å². The summed E-state index contributed by atoms with van der Waals surface area (Å²) in [6, 6.07) is 2.15. The van der Waals surface area contributed by atoms with Gasteiger partial charge in [0.05, 0.1) is 13.4 Å². The van der Waals surface area contributed by atoms with Crippen LogP contribution in [0.25, 0.3) is 0 Å². The molecule has 2 bridgehead atoms. The molecule has 4 aliphatic rings. The number of furan rings is 1. The van der Waals surface area contributed by atoms with Crippen LogP contribution < -0.4 is 0 Å². The van der Waals surface area contributed by atoms with Gasteiger partial charge in [-0.1, -0.05) is 13.3 Å². The molecule has 5 heteroatoms. The average Bonchev–Trinajstić information content (AvgIpc) is 3.16. The highest BCUT2D eigenvalue weighted by atomic mass is 16.5. The molecule has 146 valence electrons. The highest BCUT2D eigenvalue weighted by Gasteiger charge is 2.68. The molecule has 2 heterocycles. The number of carbonyl (C=O) groups excluding carboxylic acids is 1. The van der Waals surface area contributed by atoms with E-state index in [9.17, 15) is 4.79 Å². The van der Waals surface area contributed by atoms with Crippen molar-refractivity contribution >= 4 is 12.2 Å². The zero-order valence-electron chi connectivity index (χ0n) is 16.4. The van der Waals surface area contributed by atoms with Crippen LogP contribution in [-0.2, 0) is 20.7 Å². The number of rotatable bonds is 2. The largest absolute Gasteiger partial charge is 0.469 e. The van der Waals surface area contributed by atoms with E-state index in [1.54, 1.807) is 7.11 Å². The number of fused-ring (bicyclic) bond motifs is 2. The summed E-state index contributed by atoms with van der Waals surface area (Å²) in [5.74, 6) is 2.81. The summed E-state index contributed by atoms with van der Waals surface area (Å²) < 4.78 is 16.9. The fourth-order valence-electron chi connectivity index (χ4n) is 7.43. The van der Waals surface area contributed by atoms with E-state index < -0.39 is 11.6 Å². The minimum Gasteiger partial charge on any atom is -0.469 e. The van der Waals surface area contributed by atoms with Crippen molar-refractivity contribution in [3.63, 3.8) is 0 Å². The maximum atomic E-state index is 13.1. The standard InChI is InChI=1S/C22H29NO4/c1-13-14-5-6-18-21(16(14)11-17-15(13)7-10-27-17)8-4-9-22(18,20(24)26-3)19(25-2)23-12-21/h7,10,12-14,16,18-19H,4-6,8-9,11H2,1-3H3. The lowest BCUT2D eigenvalue weighted by Gasteiger charge is -2.63. The number of esters is 1. The molecule has 3 aliphatic carbocycles. The first-order valence-electron chi connectivity index (χ1n) is 10.3. The number of aliphatic imine (C=N–C) groups is 1. The third-order valence-electron chi connectivity index (χ3n) is 8.46. The lowest BCUT2D eigenvalue weighted by Crippen LogP contribution is -2.65. The van der Waals surface area contributed by atoms with Crippen LogP contribution in [0.2, 0.25) is 0 Å². The van der Waals surface area contributed by atoms with E-state index in [1.807, 2.05) is 6.26 Å². The maximum absolute atomic E-state index is 13.1. The molecule has 0 spiro atoms. The van der Waals surface area contributed by atoms with Crippen molar-refractivity contribution < 1.29 is 18.7 Å². The summed E-state index contributed by atoms with van der Waals surface area (Å²) in [6.07, 6.45) is 9.65. The molecule has 0 aromatic carbocycles. The molecule has 5 nitrogen and oxygen atoms in total. The molecule has 0 amide bonds. The van der Waals surface area contributed by atoms with Gasteiger partial charge in [-0.25, -0.2) is 0 Å². The van der Waals surface area contributed by atoms with Crippen molar-refractivity contribution in [1.29, 1.82) is 0 Å². The SMILES string of the molecule is COC(=O)C12CCCC3(C=NC1OC)C1Cc4occc4C(C)C1CCC32. The molecule has 1 aliphatic heterocycles. The predicted molar refractivity (Wildman–Crippen MR) is 101 cm³/mol. The van der Waals surface area contributed by atoms with Crippen molar-refractivity contribution in [2.75, 3.05) is 14.2 Å². The van der Waals surface area contributed by atoms with Gasteiger partial charge < -0.3 is 13.9 Å². The second-order valence-electron chi connectivity index (χ2n) is 9.06. The number of hydrogen-bond donors (Lipinski definition) is 0. The molecule has 0 radical (unpaired) electrons. The van der Waals surface area contributed by atoms with E-state index in [2.05, 4.69) is 19.2 Å². The Morgan fingerprint density at radius 3 is 2.93 bits per heavy atom. The molecule has 7 unspecified atom stereocenters. The Hall–Kier alpha value is -1.62. The van der Waals surface area contributed by atoms with Gasteiger partial charge in [0.1, 0.15) is 11.2 Å².